The normalized spacial score (nSPS) is 18.8. The van der Waals surface area contributed by atoms with Crippen LogP contribution in [0.2, 0.25) is 0 Å². The van der Waals surface area contributed by atoms with Gasteiger partial charge in [-0.15, -0.1) is 11.8 Å². The van der Waals surface area contributed by atoms with Gasteiger partial charge in [0.15, 0.2) is 0 Å². The minimum atomic E-state index is -0.263. The number of fused-ring (bicyclic) bond motifs is 1. The van der Waals surface area contributed by atoms with Gasteiger partial charge in [-0.1, -0.05) is 18.2 Å². The number of nitrogens with two attached hydrogens (primary N) is 1. The second-order valence-electron chi connectivity index (χ2n) is 4.21. The Morgan fingerprint density at radius 1 is 1.56 bits per heavy atom. The summed E-state index contributed by atoms with van der Waals surface area (Å²) in [5, 5.41) is 0. The Morgan fingerprint density at radius 3 is 3.06 bits per heavy atom. The lowest BCUT2D eigenvalue weighted by Gasteiger charge is -2.19. The first kappa shape index (κ1) is 11.5. The molecule has 1 aromatic rings. The van der Waals surface area contributed by atoms with Crippen LogP contribution in [0.3, 0.4) is 0 Å². The predicted octanol–water partition coefficient (Wildman–Crippen LogP) is 1.29. The van der Waals surface area contributed by atoms with E-state index in [4.69, 9.17) is 5.73 Å². The van der Waals surface area contributed by atoms with E-state index >= 15 is 0 Å². The second kappa shape index (κ2) is 4.89. The minimum absolute atomic E-state index is 0.263. The maximum atomic E-state index is 10.8. The fourth-order valence-corrected chi connectivity index (χ4v) is 3.33. The Kier molecular flexibility index (Phi) is 3.51. The molecule has 2 N–H and O–H groups in total. The first-order chi connectivity index (χ1) is 7.66. The van der Waals surface area contributed by atoms with Crippen LogP contribution < -0.4 is 5.73 Å². The average molecular weight is 236 g/mol. The fourth-order valence-electron chi connectivity index (χ4n) is 2.09. The number of thioether (sulfide) groups is 1. The molecule has 0 bridgehead atoms. The number of amides is 1. The van der Waals surface area contributed by atoms with Crippen LogP contribution in [0.4, 0.5) is 0 Å². The molecule has 1 atom stereocenters. The molecule has 0 saturated heterocycles. The van der Waals surface area contributed by atoms with Gasteiger partial charge in [-0.3, -0.25) is 9.69 Å². The van der Waals surface area contributed by atoms with Crippen molar-refractivity contribution in [1.82, 2.24) is 4.90 Å². The van der Waals surface area contributed by atoms with E-state index in [-0.39, 0.29) is 5.91 Å². The maximum Gasteiger partial charge on any atom is 0.231 e. The van der Waals surface area contributed by atoms with Crippen LogP contribution in [-0.4, -0.2) is 36.7 Å². The van der Waals surface area contributed by atoms with Crippen molar-refractivity contribution in [2.24, 2.45) is 5.73 Å². The van der Waals surface area contributed by atoms with E-state index in [1.54, 1.807) is 0 Å². The first-order valence-electron chi connectivity index (χ1n) is 5.35. The number of hydrogen-bond donors (Lipinski definition) is 1. The molecule has 0 fully saturated rings. The van der Waals surface area contributed by atoms with E-state index in [1.807, 2.05) is 23.7 Å². The summed E-state index contributed by atoms with van der Waals surface area (Å²) in [4.78, 5) is 14.2. The van der Waals surface area contributed by atoms with Crippen molar-refractivity contribution in [2.45, 2.75) is 10.8 Å². The fraction of sp³-hybridized carbons (Fsp3) is 0.417. The Balaban J connectivity index is 2.00. The number of hydrogen-bond acceptors (Lipinski definition) is 3. The summed E-state index contributed by atoms with van der Waals surface area (Å²) in [6.07, 6.45) is 0. The Hall–Kier alpha value is -1.00. The lowest BCUT2D eigenvalue weighted by atomic mass is 10.0. The quantitative estimate of drug-likeness (QED) is 0.857. The monoisotopic (exact) mass is 236 g/mol. The minimum Gasteiger partial charge on any atom is -0.369 e. The van der Waals surface area contributed by atoms with Crippen LogP contribution >= 0.6 is 11.8 Å². The third-order valence-corrected chi connectivity index (χ3v) is 4.01. The summed E-state index contributed by atoms with van der Waals surface area (Å²) in [5.74, 6) is 1.36. The van der Waals surface area contributed by atoms with Gasteiger partial charge in [0, 0.05) is 23.1 Å². The van der Waals surface area contributed by atoms with Gasteiger partial charge in [0.2, 0.25) is 5.91 Å². The van der Waals surface area contributed by atoms with Crippen LogP contribution in [0.1, 0.15) is 11.5 Å². The molecule has 2 rings (SSSR count). The van der Waals surface area contributed by atoms with Crippen LogP contribution in [0.25, 0.3) is 0 Å². The standard InChI is InChI=1S/C12H16N2OS/c1-14(7-12(13)15)6-9-8-16-11-5-3-2-4-10(9)11/h2-5,9H,6-8H2,1H3,(H2,13,15). The highest BCUT2D eigenvalue weighted by molar-refractivity contribution is 7.99. The molecule has 1 unspecified atom stereocenters. The smallest absolute Gasteiger partial charge is 0.231 e. The highest BCUT2D eigenvalue weighted by Crippen LogP contribution is 2.39. The number of primary amides is 1. The van der Waals surface area contributed by atoms with Gasteiger partial charge in [-0.05, 0) is 18.7 Å². The number of likely N-dealkylation sites (N-methyl/N-ethyl adjacent to an activating group) is 1. The number of nitrogens with zero attached hydrogens (tertiary/aromatic N) is 1. The van der Waals surface area contributed by atoms with Gasteiger partial charge < -0.3 is 5.73 Å². The number of benzene rings is 1. The first-order valence-corrected chi connectivity index (χ1v) is 6.34. The third-order valence-electron chi connectivity index (χ3n) is 2.76. The number of carbonyl (C=O) groups is 1. The van der Waals surface area contributed by atoms with Gasteiger partial charge in [0.25, 0.3) is 0 Å². The largest absolute Gasteiger partial charge is 0.369 e. The van der Waals surface area contributed by atoms with Gasteiger partial charge >= 0.3 is 0 Å². The Bertz CT molecular complexity index is 394. The zero-order valence-corrected chi connectivity index (χ0v) is 10.2. The molecule has 0 saturated carbocycles. The van der Waals surface area contributed by atoms with Crippen LogP contribution in [-0.2, 0) is 4.79 Å². The SMILES string of the molecule is CN(CC(N)=O)CC1CSc2ccccc21. The van der Waals surface area contributed by atoms with Crippen LogP contribution in [0, 0.1) is 0 Å². The Morgan fingerprint density at radius 2 is 2.31 bits per heavy atom. The van der Waals surface area contributed by atoms with Crippen molar-refractivity contribution in [1.29, 1.82) is 0 Å². The van der Waals surface area contributed by atoms with E-state index in [9.17, 15) is 4.79 Å². The number of carbonyl (C=O) groups excluding carboxylic acids is 1. The zero-order valence-electron chi connectivity index (χ0n) is 9.35. The molecule has 3 nitrogen and oxygen atoms in total. The van der Waals surface area contributed by atoms with Crippen molar-refractivity contribution in [2.75, 3.05) is 25.9 Å². The van der Waals surface area contributed by atoms with Crippen molar-refractivity contribution in [3.63, 3.8) is 0 Å². The summed E-state index contributed by atoms with van der Waals surface area (Å²) >= 11 is 1.89. The van der Waals surface area contributed by atoms with Gasteiger partial charge in [-0.2, -0.15) is 0 Å². The molecule has 0 spiro atoms. The predicted molar refractivity (Wildman–Crippen MR) is 66.6 cm³/mol. The summed E-state index contributed by atoms with van der Waals surface area (Å²) in [6.45, 7) is 1.23. The Labute approximate surface area is 100.0 Å². The zero-order chi connectivity index (χ0) is 11.5. The summed E-state index contributed by atoms with van der Waals surface area (Å²) in [6, 6.07) is 8.49. The molecule has 0 aromatic heterocycles. The van der Waals surface area contributed by atoms with Crippen molar-refractivity contribution >= 4 is 17.7 Å². The molecule has 1 aliphatic heterocycles. The van der Waals surface area contributed by atoms with Gasteiger partial charge in [0.05, 0.1) is 6.54 Å². The molecule has 1 aromatic carbocycles. The average Bonchev–Trinajstić information content (AvgIpc) is 2.61. The molecule has 86 valence electrons. The van der Waals surface area contributed by atoms with Crippen LogP contribution in [0.15, 0.2) is 29.2 Å². The molecule has 1 aliphatic rings. The van der Waals surface area contributed by atoms with Crippen molar-refractivity contribution in [3.8, 4) is 0 Å². The molecule has 4 heteroatoms. The molecular formula is C12H16N2OS. The van der Waals surface area contributed by atoms with Gasteiger partial charge in [-0.25, -0.2) is 0 Å². The maximum absolute atomic E-state index is 10.8. The number of rotatable bonds is 4. The molecule has 1 heterocycles. The van der Waals surface area contributed by atoms with Crippen molar-refractivity contribution < 1.29 is 4.79 Å². The summed E-state index contributed by atoms with van der Waals surface area (Å²) in [5.41, 5.74) is 6.58. The second-order valence-corrected chi connectivity index (χ2v) is 5.27. The van der Waals surface area contributed by atoms with E-state index in [0.717, 1.165) is 12.3 Å². The lowest BCUT2D eigenvalue weighted by Crippen LogP contribution is -2.33. The molecule has 0 radical (unpaired) electrons. The highest BCUT2D eigenvalue weighted by atomic mass is 32.2. The van der Waals surface area contributed by atoms with Gasteiger partial charge in [0.1, 0.15) is 0 Å². The highest BCUT2D eigenvalue weighted by Gasteiger charge is 2.23. The van der Waals surface area contributed by atoms with E-state index in [2.05, 4.69) is 24.3 Å². The third kappa shape index (κ3) is 2.57. The van der Waals surface area contributed by atoms with E-state index in [1.165, 1.54) is 10.5 Å². The molecule has 0 aliphatic carbocycles. The van der Waals surface area contributed by atoms with Crippen LogP contribution in [0.5, 0.6) is 0 Å². The molecule has 16 heavy (non-hydrogen) atoms. The molecular weight excluding hydrogens is 220 g/mol. The topological polar surface area (TPSA) is 46.3 Å². The van der Waals surface area contributed by atoms with E-state index < -0.39 is 0 Å². The summed E-state index contributed by atoms with van der Waals surface area (Å²) in [7, 11) is 1.94. The van der Waals surface area contributed by atoms with Crippen molar-refractivity contribution in [3.05, 3.63) is 29.8 Å². The molecule has 1 amide bonds. The van der Waals surface area contributed by atoms with E-state index in [0.29, 0.717) is 12.5 Å². The lowest BCUT2D eigenvalue weighted by molar-refractivity contribution is -0.118. The summed E-state index contributed by atoms with van der Waals surface area (Å²) < 4.78 is 0.